The van der Waals surface area contributed by atoms with Gasteiger partial charge in [-0.25, -0.2) is 14.1 Å². The van der Waals surface area contributed by atoms with Gasteiger partial charge in [-0.2, -0.15) is 5.10 Å². The SMILES string of the molecule is Cc1nn(CCC(=O)Nc2ncn(Cc3ccc(F)cc3Cl)n2)c(C)c1Cl. The number of anilines is 1. The van der Waals surface area contributed by atoms with Gasteiger partial charge < -0.3 is 0 Å². The van der Waals surface area contributed by atoms with Crippen LogP contribution >= 0.6 is 23.2 Å². The molecule has 0 unspecified atom stereocenters. The van der Waals surface area contributed by atoms with Gasteiger partial charge in [-0.1, -0.05) is 29.3 Å². The number of halogens is 3. The Bertz CT molecular complexity index is 984. The average molecular weight is 411 g/mol. The largest absolute Gasteiger partial charge is 0.293 e. The third kappa shape index (κ3) is 4.64. The molecule has 0 aliphatic carbocycles. The van der Waals surface area contributed by atoms with Crippen LogP contribution in [0.3, 0.4) is 0 Å². The summed E-state index contributed by atoms with van der Waals surface area (Å²) in [5, 5.41) is 12.0. The molecule has 0 radical (unpaired) electrons. The Morgan fingerprint density at radius 1 is 1.26 bits per heavy atom. The van der Waals surface area contributed by atoms with E-state index in [1.54, 1.807) is 10.7 Å². The van der Waals surface area contributed by atoms with Gasteiger partial charge in [0.2, 0.25) is 11.9 Å². The van der Waals surface area contributed by atoms with Gasteiger partial charge in [-0.05, 0) is 31.5 Å². The first-order chi connectivity index (χ1) is 12.8. The van der Waals surface area contributed by atoms with Gasteiger partial charge in [0.15, 0.2) is 0 Å². The first-order valence-corrected chi connectivity index (χ1v) is 8.92. The lowest BCUT2D eigenvalue weighted by atomic mass is 10.2. The van der Waals surface area contributed by atoms with E-state index in [4.69, 9.17) is 23.2 Å². The van der Waals surface area contributed by atoms with Gasteiger partial charge in [0.05, 0.1) is 29.5 Å². The number of aryl methyl sites for hydroxylation is 2. The van der Waals surface area contributed by atoms with E-state index in [1.165, 1.54) is 23.1 Å². The highest BCUT2D eigenvalue weighted by molar-refractivity contribution is 6.32. The highest BCUT2D eigenvalue weighted by atomic mass is 35.5. The maximum Gasteiger partial charge on any atom is 0.248 e. The maximum absolute atomic E-state index is 13.1. The topological polar surface area (TPSA) is 77.6 Å². The number of hydrogen-bond donors (Lipinski definition) is 1. The summed E-state index contributed by atoms with van der Waals surface area (Å²) in [4.78, 5) is 16.2. The van der Waals surface area contributed by atoms with Crippen LogP contribution in [0, 0.1) is 19.7 Å². The molecule has 142 valence electrons. The van der Waals surface area contributed by atoms with E-state index in [9.17, 15) is 9.18 Å². The fraction of sp³-hybridized carbons (Fsp3) is 0.294. The Hall–Kier alpha value is -2.45. The van der Waals surface area contributed by atoms with Gasteiger partial charge in [-0.15, -0.1) is 5.10 Å². The van der Waals surface area contributed by atoms with Gasteiger partial charge in [0, 0.05) is 11.4 Å². The molecule has 0 saturated heterocycles. The normalized spacial score (nSPS) is 11.0. The Morgan fingerprint density at radius 2 is 2.04 bits per heavy atom. The smallest absolute Gasteiger partial charge is 0.248 e. The van der Waals surface area contributed by atoms with Crippen molar-refractivity contribution in [2.75, 3.05) is 5.32 Å². The molecule has 0 atom stereocenters. The molecular formula is C17H17Cl2FN6O. The summed E-state index contributed by atoms with van der Waals surface area (Å²) in [5.41, 5.74) is 2.25. The van der Waals surface area contributed by atoms with Crippen molar-refractivity contribution in [2.24, 2.45) is 0 Å². The molecule has 0 spiro atoms. The molecule has 0 saturated carbocycles. The van der Waals surface area contributed by atoms with Gasteiger partial charge >= 0.3 is 0 Å². The number of carbonyl (C=O) groups is 1. The summed E-state index contributed by atoms with van der Waals surface area (Å²) in [6, 6.07) is 4.14. The first-order valence-electron chi connectivity index (χ1n) is 8.16. The van der Waals surface area contributed by atoms with E-state index in [0.717, 1.165) is 11.4 Å². The van der Waals surface area contributed by atoms with Crippen molar-refractivity contribution in [1.29, 1.82) is 0 Å². The molecule has 0 fully saturated rings. The Morgan fingerprint density at radius 3 is 2.70 bits per heavy atom. The fourth-order valence-electron chi connectivity index (χ4n) is 2.54. The lowest BCUT2D eigenvalue weighted by Gasteiger charge is -2.05. The van der Waals surface area contributed by atoms with Gasteiger partial charge in [0.1, 0.15) is 12.1 Å². The third-order valence-corrected chi connectivity index (χ3v) is 4.88. The second-order valence-corrected chi connectivity index (χ2v) is 6.79. The van der Waals surface area contributed by atoms with E-state index in [0.29, 0.717) is 28.7 Å². The molecule has 1 aromatic carbocycles. The molecule has 1 amide bonds. The number of amides is 1. The summed E-state index contributed by atoms with van der Waals surface area (Å²) in [6.45, 7) is 4.38. The predicted octanol–water partition coefficient (Wildman–Crippen LogP) is 3.61. The fourth-order valence-corrected chi connectivity index (χ4v) is 2.90. The Labute approximate surface area is 165 Å². The summed E-state index contributed by atoms with van der Waals surface area (Å²) in [7, 11) is 0. The third-order valence-electron chi connectivity index (χ3n) is 3.98. The summed E-state index contributed by atoms with van der Waals surface area (Å²) >= 11 is 12.1. The lowest BCUT2D eigenvalue weighted by Crippen LogP contribution is -2.16. The van der Waals surface area contributed by atoms with Crippen molar-refractivity contribution in [1.82, 2.24) is 24.5 Å². The van der Waals surface area contributed by atoms with Gasteiger partial charge in [-0.3, -0.25) is 14.8 Å². The minimum atomic E-state index is -0.404. The van der Waals surface area contributed by atoms with Crippen LogP contribution in [0.15, 0.2) is 24.5 Å². The van der Waals surface area contributed by atoms with Gasteiger partial charge in [0.25, 0.3) is 0 Å². The van der Waals surface area contributed by atoms with Crippen molar-refractivity contribution < 1.29 is 9.18 Å². The molecule has 0 aliphatic rings. The number of hydrogen-bond acceptors (Lipinski definition) is 4. The zero-order valence-electron chi connectivity index (χ0n) is 14.7. The Kier molecular flexibility index (Phi) is 5.76. The molecule has 27 heavy (non-hydrogen) atoms. The molecular weight excluding hydrogens is 394 g/mol. The minimum absolute atomic E-state index is 0.185. The van der Waals surface area contributed by atoms with Crippen LogP contribution < -0.4 is 5.32 Å². The minimum Gasteiger partial charge on any atom is -0.293 e. The van der Waals surface area contributed by atoms with Crippen LogP contribution in [0.5, 0.6) is 0 Å². The van der Waals surface area contributed by atoms with E-state index >= 15 is 0 Å². The van der Waals surface area contributed by atoms with Crippen molar-refractivity contribution in [3.63, 3.8) is 0 Å². The number of nitrogens with one attached hydrogen (secondary N) is 1. The highest BCUT2D eigenvalue weighted by Gasteiger charge is 2.12. The molecule has 2 heterocycles. The van der Waals surface area contributed by atoms with Crippen molar-refractivity contribution >= 4 is 35.1 Å². The van der Waals surface area contributed by atoms with E-state index in [1.807, 2.05) is 13.8 Å². The second kappa shape index (κ2) is 8.06. The molecule has 3 rings (SSSR count). The standard InChI is InChI=1S/C17H17Cl2FN6O/c1-10-16(19)11(2)26(23-10)6-5-15(27)22-17-21-9-25(24-17)8-12-3-4-13(20)7-14(12)18/h3-4,7,9H,5-6,8H2,1-2H3,(H,22,24,27). The number of rotatable bonds is 6. The van der Waals surface area contributed by atoms with E-state index in [-0.39, 0.29) is 18.3 Å². The molecule has 3 aromatic rings. The average Bonchev–Trinajstić information content (AvgIpc) is 3.15. The summed E-state index contributed by atoms with van der Waals surface area (Å²) < 4.78 is 16.3. The maximum atomic E-state index is 13.1. The van der Waals surface area contributed by atoms with Crippen molar-refractivity contribution in [2.45, 2.75) is 33.4 Å². The van der Waals surface area contributed by atoms with Crippen LogP contribution in [0.4, 0.5) is 10.3 Å². The molecule has 0 bridgehead atoms. The van der Waals surface area contributed by atoms with Crippen molar-refractivity contribution in [3.05, 3.63) is 57.3 Å². The molecule has 2 aromatic heterocycles. The van der Waals surface area contributed by atoms with Crippen LogP contribution in [0.2, 0.25) is 10.0 Å². The first kappa shape index (κ1) is 19.3. The second-order valence-electron chi connectivity index (χ2n) is 6.01. The molecule has 1 N–H and O–H groups in total. The number of carbonyl (C=O) groups excluding carboxylic acids is 1. The van der Waals surface area contributed by atoms with Crippen LogP contribution in [0.1, 0.15) is 23.4 Å². The zero-order valence-corrected chi connectivity index (χ0v) is 16.2. The number of aromatic nitrogens is 5. The zero-order chi connectivity index (χ0) is 19.6. The van der Waals surface area contributed by atoms with Crippen LogP contribution in [0.25, 0.3) is 0 Å². The highest BCUT2D eigenvalue weighted by Crippen LogP contribution is 2.19. The number of nitrogens with zero attached hydrogens (tertiary/aromatic N) is 5. The summed E-state index contributed by atoms with van der Waals surface area (Å²) in [6.07, 6.45) is 1.67. The van der Waals surface area contributed by atoms with Crippen LogP contribution in [-0.4, -0.2) is 30.5 Å². The Balaban J connectivity index is 1.56. The quantitative estimate of drug-likeness (QED) is 0.672. The lowest BCUT2D eigenvalue weighted by molar-refractivity contribution is -0.116. The van der Waals surface area contributed by atoms with Crippen LogP contribution in [-0.2, 0) is 17.9 Å². The van der Waals surface area contributed by atoms with Crippen molar-refractivity contribution in [3.8, 4) is 0 Å². The van der Waals surface area contributed by atoms with E-state index < -0.39 is 5.82 Å². The molecule has 0 aliphatic heterocycles. The number of benzene rings is 1. The summed E-state index contributed by atoms with van der Waals surface area (Å²) in [5.74, 6) is -0.458. The monoisotopic (exact) mass is 410 g/mol. The molecule has 10 heteroatoms. The molecule has 7 nitrogen and oxygen atoms in total. The predicted molar refractivity (Wildman–Crippen MR) is 100 cm³/mol. The van der Waals surface area contributed by atoms with E-state index in [2.05, 4.69) is 20.5 Å².